The van der Waals surface area contributed by atoms with Crippen molar-refractivity contribution in [3.63, 3.8) is 0 Å². The normalized spacial score (nSPS) is 19.1. The lowest BCUT2D eigenvalue weighted by Gasteiger charge is -2.33. The second kappa shape index (κ2) is 6.17. The van der Waals surface area contributed by atoms with E-state index in [1.54, 1.807) is 0 Å². The van der Waals surface area contributed by atoms with Gasteiger partial charge in [-0.25, -0.2) is 13.1 Å². The molecule has 1 heterocycles. The van der Waals surface area contributed by atoms with E-state index in [1.165, 1.54) is 25.3 Å². The van der Waals surface area contributed by atoms with Gasteiger partial charge in [-0.2, -0.15) is 0 Å². The molecule has 1 saturated carbocycles. The van der Waals surface area contributed by atoms with Crippen LogP contribution in [0.15, 0.2) is 20.0 Å². The molecule has 0 saturated heterocycles. The molecular formula is C13H21BrN2O3S. The van der Waals surface area contributed by atoms with E-state index in [4.69, 9.17) is 10.2 Å². The third-order valence-electron chi connectivity index (χ3n) is 3.95. The molecule has 0 aliphatic heterocycles. The van der Waals surface area contributed by atoms with Crippen LogP contribution in [0.3, 0.4) is 0 Å². The maximum atomic E-state index is 12.3. The number of rotatable bonds is 5. The summed E-state index contributed by atoms with van der Waals surface area (Å²) < 4.78 is 32.8. The van der Waals surface area contributed by atoms with Gasteiger partial charge < -0.3 is 10.2 Å². The Morgan fingerprint density at radius 2 is 2.05 bits per heavy atom. The largest absolute Gasteiger partial charge is 0.452 e. The lowest BCUT2D eigenvalue weighted by molar-refractivity contribution is 0.219. The van der Waals surface area contributed by atoms with Gasteiger partial charge in [-0.1, -0.05) is 26.2 Å². The molecule has 1 aromatic heterocycles. The van der Waals surface area contributed by atoms with Crippen LogP contribution in [0.5, 0.6) is 0 Å². The van der Waals surface area contributed by atoms with Crippen molar-refractivity contribution in [2.75, 3.05) is 6.54 Å². The number of sulfonamides is 1. The van der Waals surface area contributed by atoms with Crippen molar-refractivity contribution in [2.24, 2.45) is 11.1 Å². The molecular weight excluding hydrogens is 344 g/mol. The minimum Gasteiger partial charge on any atom is -0.452 e. The molecule has 5 nitrogen and oxygen atoms in total. The fraction of sp³-hybridized carbons (Fsp3) is 0.692. The number of nitrogens with two attached hydrogens (primary N) is 1. The molecule has 0 bridgehead atoms. The highest BCUT2D eigenvalue weighted by atomic mass is 79.9. The molecule has 7 heteroatoms. The van der Waals surface area contributed by atoms with Crippen molar-refractivity contribution in [3.05, 3.63) is 16.5 Å². The number of halogens is 1. The summed E-state index contributed by atoms with van der Waals surface area (Å²) >= 11 is 3.13. The van der Waals surface area contributed by atoms with Gasteiger partial charge in [-0.3, -0.25) is 0 Å². The van der Waals surface area contributed by atoms with Crippen molar-refractivity contribution < 1.29 is 12.8 Å². The van der Waals surface area contributed by atoms with Crippen LogP contribution in [0, 0.1) is 5.41 Å². The Kier molecular flexibility index (Phi) is 4.94. The molecule has 0 spiro atoms. The highest BCUT2D eigenvalue weighted by Crippen LogP contribution is 2.35. The van der Waals surface area contributed by atoms with Crippen molar-refractivity contribution in [1.82, 2.24) is 4.72 Å². The molecule has 0 atom stereocenters. The van der Waals surface area contributed by atoms with Crippen LogP contribution in [0.25, 0.3) is 0 Å². The third-order valence-corrected chi connectivity index (χ3v) is 6.20. The minimum absolute atomic E-state index is 0.0538. The Morgan fingerprint density at radius 3 is 2.60 bits per heavy atom. The molecule has 0 amide bonds. The molecule has 0 radical (unpaired) electrons. The Labute approximate surface area is 128 Å². The molecule has 2 rings (SSSR count). The second-order valence-electron chi connectivity index (χ2n) is 5.75. The summed E-state index contributed by atoms with van der Waals surface area (Å²) in [6.07, 6.45) is 5.72. The molecule has 20 heavy (non-hydrogen) atoms. The van der Waals surface area contributed by atoms with E-state index < -0.39 is 10.0 Å². The lowest BCUT2D eigenvalue weighted by atomic mass is 9.76. The van der Waals surface area contributed by atoms with E-state index in [2.05, 4.69) is 27.6 Å². The fourth-order valence-electron chi connectivity index (χ4n) is 2.61. The second-order valence-corrected chi connectivity index (χ2v) is 8.21. The SMILES string of the molecule is CC1(CNS(=O)(=O)c2cc(CN)oc2Br)CCCCC1. The van der Waals surface area contributed by atoms with E-state index in [9.17, 15) is 8.42 Å². The third kappa shape index (κ3) is 3.63. The average molecular weight is 365 g/mol. The zero-order valence-electron chi connectivity index (χ0n) is 11.6. The first-order chi connectivity index (χ1) is 9.36. The van der Waals surface area contributed by atoms with E-state index in [1.807, 2.05) is 0 Å². The number of furan rings is 1. The first-order valence-corrected chi connectivity index (χ1v) is 9.12. The Morgan fingerprint density at radius 1 is 1.40 bits per heavy atom. The summed E-state index contributed by atoms with van der Waals surface area (Å²) in [7, 11) is -3.56. The first kappa shape index (κ1) is 16.0. The van der Waals surface area contributed by atoms with Crippen LogP contribution in [-0.2, 0) is 16.6 Å². The van der Waals surface area contributed by atoms with Gasteiger partial charge in [0.1, 0.15) is 10.7 Å². The molecule has 1 fully saturated rings. The molecule has 114 valence electrons. The van der Waals surface area contributed by atoms with Crippen LogP contribution in [0.2, 0.25) is 0 Å². The number of hydrogen-bond acceptors (Lipinski definition) is 4. The van der Waals surface area contributed by atoms with Gasteiger partial charge in [0.05, 0.1) is 6.54 Å². The van der Waals surface area contributed by atoms with Crippen LogP contribution in [0.1, 0.15) is 44.8 Å². The quantitative estimate of drug-likeness (QED) is 0.840. The van der Waals surface area contributed by atoms with Crippen molar-refractivity contribution >= 4 is 26.0 Å². The highest BCUT2D eigenvalue weighted by molar-refractivity contribution is 9.10. The van der Waals surface area contributed by atoms with Gasteiger partial charge in [0.15, 0.2) is 4.67 Å². The number of hydrogen-bond donors (Lipinski definition) is 2. The van der Waals surface area contributed by atoms with Gasteiger partial charge >= 0.3 is 0 Å². The molecule has 0 unspecified atom stereocenters. The fourth-order valence-corrected chi connectivity index (χ4v) is 4.81. The molecule has 3 N–H and O–H groups in total. The van der Waals surface area contributed by atoms with Gasteiger partial charge in [0, 0.05) is 12.6 Å². The topological polar surface area (TPSA) is 85.3 Å². The lowest BCUT2D eigenvalue weighted by Crippen LogP contribution is -2.37. The summed E-state index contributed by atoms with van der Waals surface area (Å²) in [4.78, 5) is 0.123. The Hall–Kier alpha value is -0.370. The Bertz CT molecular complexity index is 562. The zero-order valence-corrected chi connectivity index (χ0v) is 14.0. The molecule has 1 aliphatic carbocycles. The summed E-state index contributed by atoms with van der Waals surface area (Å²) in [5.41, 5.74) is 5.51. The van der Waals surface area contributed by atoms with E-state index in [0.717, 1.165) is 12.8 Å². The highest BCUT2D eigenvalue weighted by Gasteiger charge is 2.30. The maximum absolute atomic E-state index is 12.3. The number of nitrogens with one attached hydrogen (secondary N) is 1. The van der Waals surface area contributed by atoms with Crippen LogP contribution in [-0.4, -0.2) is 15.0 Å². The zero-order chi connectivity index (χ0) is 14.8. The van der Waals surface area contributed by atoms with Crippen molar-refractivity contribution in [1.29, 1.82) is 0 Å². The summed E-state index contributed by atoms with van der Waals surface area (Å²) in [5, 5.41) is 0. The molecule has 0 aromatic carbocycles. The van der Waals surface area contributed by atoms with Crippen LogP contribution < -0.4 is 10.5 Å². The van der Waals surface area contributed by atoms with Crippen molar-refractivity contribution in [3.8, 4) is 0 Å². The molecule has 1 aliphatic rings. The summed E-state index contributed by atoms with van der Waals surface area (Å²) in [6, 6.07) is 1.47. The van der Waals surface area contributed by atoms with Crippen LogP contribution >= 0.6 is 15.9 Å². The summed E-state index contributed by atoms with van der Waals surface area (Å²) in [5.74, 6) is 0.445. The Balaban J connectivity index is 2.08. The van der Waals surface area contributed by atoms with Gasteiger partial charge in [0.2, 0.25) is 10.0 Å². The molecule has 1 aromatic rings. The van der Waals surface area contributed by atoms with Gasteiger partial charge in [-0.05, 0) is 34.2 Å². The van der Waals surface area contributed by atoms with Crippen molar-refractivity contribution in [2.45, 2.75) is 50.5 Å². The van der Waals surface area contributed by atoms with Gasteiger partial charge in [0.25, 0.3) is 0 Å². The van der Waals surface area contributed by atoms with E-state index >= 15 is 0 Å². The predicted octanol–water partition coefficient (Wildman–Crippen LogP) is 2.75. The monoisotopic (exact) mass is 364 g/mol. The van der Waals surface area contributed by atoms with Gasteiger partial charge in [-0.15, -0.1) is 0 Å². The predicted molar refractivity (Wildman–Crippen MR) is 80.7 cm³/mol. The van der Waals surface area contributed by atoms with E-state index in [-0.39, 0.29) is 21.5 Å². The smallest absolute Gasteiger partial charge is 0.244 e. The average Bonchev–Trinajstić information content (AvgIpc) is 2.80. The standard InChI is InChI=1S/C13H21BrN2O3S/c1-13(5-3-2-4-6-13)9-16-20(17,18)11-7-10(8-15)19-12(11)14/h7,16H,2-6,8-9,15H2,1H3. The maximum Gasteiger partial charge on any atom is 0.244 e. The summed E-state index contributed by atoms with van der Waals surface area (Å²) in [6.45, 7) is 2.78. The minimum atomic E-state index is -3.56. The van der Waals surface area contributed by atoms with E-state index in [0.29, 0.717) is 12.3 Å². The first-order valence-electron chi connectivity index (χ1n) is 6.84. The van der Waals surface area contributed by atoms with Crippen LogP contribution in [0.4, 0.5) is 0 Å².